The van der Waals surface area contributed by atoms with Crippen LogP contribution in [0.4, 0.5) is 10.1 Å². The van der Waals surface area contributed by atoms with E-state index in [0.29, 0.717) is 0 Å². The molecule has 3 N–H and O–H groups in total. The van der Waals surface area contributed by atoms with Crippen LogP contribution in [0, 0.1) is 5.82 Å². The number of ether oxygens (including phenoxy) is 1. The van der Waals surface area contributed by atoms with Gasteiger partial charge in [-0.2, -0.15) is 0 Å². The van der Waals surface area contributed by atoms with Crippen molar-refractivity contribution in [3.63, 3.8) is 0 Å². The van der Waals surface area contributed by atoms with E-state index in [2.05, 4.69) is 10.6 Å². The average molecular weight is 284 g/mol. The number of anilines is 1. The first-order valence-corrected chi connectivity index (χ1v) is 5.90. The lowest BCUT2D eigenvalue weighted by Crippen LogP contribution is -2.46. The summed E-state index contributed by atoms with van der Waals surface area (Å²) in [6.45, 7) is 1.33. The predicted molar refractivity (Wildman–Crippen MR) is 70.5 cm³/mol. The maximum absolute atomic E-state index is 12.9. The third-order valence-electron chi connectivity index (χ3n) is 2.37. The Balaban J connectivity index is 2.50. The lowest BCUT2D eigenvalue weighted by Gasteiger charge is -2.22. The Labute approximate surface area is 115 Å². The SMILES string of the molecule is COC[C@@](C)(O)CNC(=O)C(=O)Nc1cccc(F)c1. The smallest absolute Gasteiger partial charge is 0.313 e. The summed E-state index contributed by atoms with van der Waals surface area (Å²) < 4.78 is 17.7. The highest BCUT2D eigenvalue weighted by molar-refractivity contribution is 6.39. The Morgan fingerprint density at radius 3 is 2.70 bits per heavy atom. The number of rotatable bonds is 5. The van der Waals surface area contributed by atoms with E-state index in [1.807, 2.05) is 0 Å². The van der Waals surface area contributed by atoms with Crippen LogP contribution in [0.15, 0.2) is 24.3 Å². The fourth-order valence-corrected chi connectivity index (χ4v) is 1.47. The zero-order valence-corrected chi connectivity index (χ0v) is 11.3. The number of nitrogens with one attached hydrogen (secondary N) is 2. The van der Waals surface area contributed by atoms with Crippen LogP contribution in [-0.4, -0.2) is 42.8 Å². The van der Waals surface area contributed by atoms with Crippen LogP contribution in [0.5, 0.6) is 0 Å². The van der Waals surface area contributed by atoms with Gasteiger partial charge in [-0.05, 0) is 25.1 Å². The first-order valence-electron chi connectivity index (χ1n) is 5.90. The molecule has 110 valence electrons. The second-order valence-electron chi connectivity index (χ2n) is 4.58. The molecular formula is C13H17FN2O4. The zero-order valence-electron chi connectivity index (χ0n) is 11.3. The van der Waals surface area contributed by atoms with E-state index < -0.39 is 23.2 Å². The van der Waals surface area contributed by atoms with Crippen molar-refractivity contribution in [1.29, 1.82) is 0 Å². The Hall–Kier alpha value is -1.99. The molecule has 0 bridgehead atoms. The molecule has 0 radical (unpaired) electrons. The van der Waals surface area contributed by atoms with Gasteiger partial charge >= 0.3 is 11.8 Å². The third kappa shape index (κ3) is 5.33. The molecule has 0 fully saturated rings. The monoisotopic (exact) mass is 284 g/mol. The molecule has 0 unspecified atom stereocenters. The number of halogens is 1. The minimum absolute atomic E-state index is 0.0127. The van der Waals surface area contributed by atoms with Crippen molar-refractivity contribution in [1.82, 2.24) is 5.32 Å². The van der Waals surface area contributed by atoms with E-state index in [4.69, 9.17) is 4.74 Å². The standard InChI is InChI=1S/C13H17FN2O4/c1-13(19,8-20-2)7-15-11(17)12(18)16-10-5-3-4-9(14)6-10/h3-6,19H,7-8H2,1-2H3,(H,15,17)(H,16,18)/t13-/m0/s1. The largest absolute Gasteiger partial charge is 0.386 e. The highest BCUT2D eigenvalue weighted by atomic mass is 19.1. The molecular weight excluding hydrogens is 267 g/mol. The summed E-state index contributed by atoms with van der Waals surface area (Å²) in [4.78, 5) is 23.1. The Morgan fingerprint density at radius 2 is 2.10 bits per heavy atom. The molecule has 0 aliphatic rings. The molecule has 0 aliphatic carbocycles. The second kappa shape index (κ2) is 6.97. The van der Waals surface area contributed by atoms with Crippen molar-refractivity contribution in [3.8, 4) is 0 Å². The van der Waals surface area contributed by atoms with Crippen molar-refractivity contribution in [3.05, 3.63) is 30.1 Å². The molecule has 20 heavy (non-hydrogen) atoms. The summed E-state index contributed by atoms with van der Waals surface area (Å²) in [5, 5.41) is 14.3. The predicted octanol–water partition coefficient (Wildman–Crippen LogP) is 0.278. The van der Waals surface area contributed by atoms with Gasteiger partial charge in [-0.1, -0.05) is 6.07 Å². The normalized spacial score (nSPS) is 13.4. The summed E-state index contributed by atoms with van der Waals surface area (Å²) in [6, 6.07) is 5.17. The van der Waals surface area contributed by atoms with Gasteiger partial charge in [0.2, 0.25) is 0 Å². The Kier molecular flexibility index (Phi) is 5.60. The Bertz CT molecular complexity index is 491. The number of hydrogen-bond donors (Lipinski definition) is 3. The van der Waals surface area contributed by atoms with E-state index in [1.165, 1.54) is 32.2 Å². The van der Waals surface area contributed by atoms with Gasteiger partial charge in [0.25, 0.3) is 0 Å². The van der Waals surface area contributed by atoms with Gasteiger partial charge in [0.15, 0.2) is 0 Å². The quantitative estimate of drug-likeness (QED) is 0.678. The van der Waals surface area contributed by atoms with E-state index in [9.17, 15) is 19.1 Å². The molecule has 0 heterocycles. The Morgan fingerprint density at radius 1 is 1.40 bits per heavy atom. The minimum Gasteiger partial charge on any atom is -0.386 e. The summed E-state index contributed by atoms with van der Waals surface area (Å²) >= 11 is 0. The van der Waals surface area contributed by atoms with Gasteiger partial charge in [-0.15, -0.1) is 0 Å². The number of benzene rings is 1. The van der Waals surface area contributed by atoms with E-state index >= 15 is 0 Å². The molecule has 0 aliphatic heterocycles. The summed E-state index contributed by atoms with van der Waals surface area (Å²) in [5.74, 6) is -2.39. The minimum atomic E-state index is -1.27. The molecule has 2 amide bonds. The van der Waals surface area contributed by atoms with Crippen molar-refractivity contribution < 1.29 is 23.8 Å². The molecule has 0 spiro atoms. The van der Waals surface area contributed by atoms with E-state index in [1.54, 1.807) is 0 Å². The van der Waals surface area contributed by atoms with Crippen molar-refractivity contribution in [2.45, 2.75) is 12.5 Å². The van der Waals surface area contributed by atoms with Crippen LogP contribution < -0.4 is 10.6 Å². The summed E-state index contributed by atoms with van der Waals surface area (Å²) in [5.41, 5.74) is -1.10. The van der Waals surface area contributed by atoms with Crippen molar-refractivity contribution in [2.24, 2.45) is 0 Å². The third-order valence-corrected chi connectivity index (χ3v) is 2.37. The number of methoxy groups -OCH3 is 1. The summed E-state index contributed by atoms with van der Waals surface area (Å²) in [6.07, 6.45) is 0. The maximum Gasteiger partial charge on any atom is 0.313 e. The molecule has 6 nitrogen and oxygen atoms in total. The molecule has 0 aromatic heterocycles. The second-order valence-corrected chi connectivity index (χ2v) is 4.58. The molecule has 1 aromatic rings. The molecule has 1 atom stereocenters. The van der Waals surface area contributed by atoms with Gasteiger partial charge in [-0.3, -0.25) is 9.59 Å². The first-order chi connectivity index (χ1) is 9.34. The van der Waals surface area contributed by atoms with Gasteiger partial charge in [0.05, 0.1) is 6.61 Å². The number of carbonyl (C=O) groups is 2. The van der Waals surface area contributed by atoms with Gasteiger partial charge in [-0.25, -0.2) is 4.39 Å². The van der Waals surface area contributed by atoms with Crippen molar-refractivity contribution in [2.75, 3.05) is 25.6 Å². The van der Waals surface area contributed by atoms with Gasteiger partial charge in [0, 0.05) is 19.3 Å². The molecule has 0 saturated heterocycles. The number of aliphatic hydroxyl groups is 1. The van der Waals surface area contributed by atoms with Crippen LogP contribution in [0.2, 0.25) is 0 Å². The topological polar surface area (TPSA) is 87.7 Å². The number of hydrogen-bond acceptors (Lipinski definition) is 4. The maximum atomic E-state index is 12.9. The van der Waals surface area contributed by atoms with Crippen LogP contribution >= 0.6 is 0 Å². The zero-order chi connectivity index (χ0) is 15.2. The van der Waals surface area contributed by atoms with Crippen LogP contribution in [0.25, 0.3) is 0 Å². The molecule has 1 rings (SSSR count). The molecule has 1 aromatic carbocycles. The average Bonchev–Trinajstić information content (AvgIpc) is 2.36. The molecule has 0 saturated carbocycles. The molecule has 7 heteroatoms. The van der Waals surface area contributed by atoms with E-state index in [0.717, 1.165) is 6.07 Å². The summed E-state index contributed by atoms with van der Waals surface area (Å²) in [7, 11) is 1.41. The highest BCUT2D eigenvalue weighted by Gasteiger charge is 2.23. The number of amides is 2. The fourth-order valence-electron chi connectivity index (χ4n) is 1.47. The highest BCUT2D eigenvalue weighted by Crippen LogP contribution is 2.08. The van der Waals surface area contributed by atoms with Crippen LogP contribution in [0.1, 0.15) is 6.92 Å². The van der Waals surface area contributed by atoms with Gasteiger partial charge in [0.1, 0.15) is 11.4 Å². The van der Waals surface area contributed by atoms with Crippen molar-refractivity contribution >= 4 is 17.5 Å². The van der Waals surface area contributed by atoms with Crippen LogP contribution in [0.3, 0.4) is 0 Å². The lowest BCUT2D eigenvalue weighted by atomic mass is 10.1. The first kappa shape index (κ1) is 16.1. The van der Waals surface area contributed by atoms with E-state index in [-0.39, 0.29) is 18.8 Å². The van der Waals surface area contributed by atoms with Gasteiger partial charge < -0.3 is 20.5 Å². The lowest BCUT2D eigenvalue weighted by molar-refractivity contribution is -0.137. The van der Waals surface area contributed by atoms with Crippen LogP contribution in [-0.2, 0) is 14.3 Å². The fraction of sp³-hybridized carbons (Fsp3) is 0.385. The number of carbonyl (C=O) groups excluding carboxylic acids is 2.